The molecule has 5 nitrogen and oxygen atoms in total. The van der Waals surface area contributed by atoms with E-state index < -0.39 is 0 Å². The monoisotopic (exact) mass is 256 g/mol. The number of anilines is 1. The summed E-state index contributed by atoms with van der Waals surface area (Å²) in [6.45, 7) is 1.50. The average Bonchev–Trinajstić information content (AvgIpc) is 2.46. The first-order valence-corrected chi connectivity index (χ1v) is 6.58. The van der Waals surface area contributed by atoms with Crippen molar-refractivity contribution in [2.75, 3.05) is 11.9 Å². The highest BCUT2D eigenvalue weighted by atomic mass is 16.1. The molecule has 0 atom stereocenters. The number of nitrogens with one attached hydrogen (secondary N) is 1. The van der Waals surface area contributed by atoms with E-state index in [-0.39, 0.29) is 5.56 Å². The Morgan fingerprint density at radius 1 is 1.37 bits per heavy atom. The van der Waals surface area contributed by atoms with Gasteiger partial charge in [-0.2, -0.15) is 5.10 Å². The van der Waals surface area contributed by atoms with Crippen molar-refractivity contribution in [1.82, 2.24) is 14.8 Å². The normalized spacial score (nSPS) is 13.7. The Labute approximate surface area is 111 Å². The lowest BCUT2D eigenvalue weighted by atomic mass is 10.1. The van der Waals surface area contributed by atoms with Crippen LogP contribution in [0.2, 0.25) is 0 Å². The molecular weight excluding hydrogens is 240 g/mol. The van der Waals surface area contributed by atoms with Crippen molar-refractivity contribution in [3.63, 3.8) is 0 Å². The molecule has 2 aromatic heterocycles. The first-order chi connectivity index (χ1) is 9.33. The minimum atomic E-state index is -0.0518. The fourth-order valence-corrected chi connectivity index (χ4v) is 2.27. The molecule has 0 fully saturated rings. The number of hydrogen-bond acceptors (Lipinski definition) is 4. The summed E-state index contributed by atoms with van der Waals surface area (Å²) < 4.78 is 1.54. The molecule has 2 aromatic rings. The Balaban J connectivity index is 1.79. The van der Waals surface area contributed by atoms with Crippen molar-refractivity contribution in [2.24, 2.45) is 0 Å². The van der Waals surface area contributed by atoms with Gasteiger partial charge in [0.25, 0.3) is 5.56 Å². The molecule has 0 aromatic carbocycles. The van der Waals surface area contributed by atoms with E-state index in [1.54, 1.807) is 16.9 Å². The van der Waals surface area contributed by atoms with Gasteiger partial charge in [-0.05, 0) is 25.0 Å². The van der Waals surface area contributed by atoms with Crippen molar-refractivity contribution in [1.29, 1.82) is 0 Å². The third-order valence-corrected chi connectivity index (χ3v) is 3.29. The zero-order valence-corrected chi connectivity index (χ0v) is 10.7. The predicted octanol–water partition coefficient (Wildman–Crippen LogP) is 1.24. The summed E-state index contributed by atoms with van der Waals surface area (Å²) in [7, 11) is 0. The standard InChI is InChI=1S/C14H16N4O/c19-14-10-13-12(5-3-8-16-13)17-18(14)9-6-11-4-1-2-7-15-11/h1-2,4,7,10,16H,3,5-6,8-9H2. The molecule has 5 heteroatoms. The number of nitrogens with zero attached hydrogens (tertiary/aromatic N) is 3. The molecule has 1 aliphatic rings. The van der Waals surface area contributed by atoms with E-state index in [2.05, 4.69) is 15.4 Å². The van der Waals surface area contributed by atoms with Gasteiger partial charge in [-0.15, -0.1) is 0 Å². The average molecular weight is 256 g/mol. The van der Waals surface area contributed by atoms with Crippen LogP contribution in [-0.2, 0) is 19.4 Å². The Bertz CT molecular complexity index is 621. The molecule has 1 N–H and O–H groups in total. The second-order valence-corrected chi connectivity index (χ2v) is 4.67. The van der Waals surface area contributed by atoms with E-state index in [0.717, 1.165) is 42.9 Å². The van der Waals surface area contributed by atoms with Crippen LogP contribution in [0.4, 0.5) is 5.69 Å². The molecule has 0 amide bonds. The summed E-state index contributed by atoms with van der Waals surface area (Å²) >= 11 is 0. The van der Waals surface area contributed by atoms with E-state index in [0.29, 0.717) is 6.54 Å². The van der Waals surface area contributed by atoms with Crippen LogP contribution in [0.25, 0.3) is 0 Å². The van der Waals surface area contributed by atoms with Crippen molar-refractivity contribution in [3.05, 3.63) is 52.2 Å². The van der Waals surface area contributed by atoms with Gasteiger partial charge in [0.05, 0.1) is 17.9 Å². The lowest BCUT2D eigenvalue weighted by Crippen LogP contribution is -2.27. The quantitative estimate of drug-likeness (QED) is 0.897. The van der Waals surface area contributed by atoms with E-state index >= 15 is 0 Å². The predicted molar refractivity (Wildman–Crippen MR) is 73.2 cm³/mol. The van der Waals surface area contributed by atoms with Crippen LogP contribution in [0.5, 0.6) is 0 Å². The number of rotatable bonds is 3. The molecule has 19 heavy (non-hydrogen) atoms. The summed E-state index contributed by atoms with van der Waals surface area (Å²) in [5.41, 5.74) is 2.81. The molecule has 0 bridgehead atoms. The van der Waals surface area contributed by atoms with E-state index in [9.17, 15) is 4.79 Å². The largest absolute Gasteiger partial charge is 0.383 e. The van der Waals surface area contributed by atoms with Crippen molar-refractivity contribution in [2.45, 2.75) is 25.8 Å². The fourth-order valence-electron chi connectivity index (χ4n) is 2.27. The molecule has 98 valence electrons. The van der Waals surface area contributed by atoms with E-state index in [1.165, 1.54) is 0 Å². The van der Waals surface area contributed by atoms with Crippen molar-refractivity contribution < 1.29 is 0 Å². The molecule has 0 saturated carbocycles. The number of pyridine rings is 1. The maximum atomic E-state index is 12.0. The summed E-state index contributed by atoms with van der Waals surface area (Å²) in [4.78, 5) is 16.2. The molecular formula is C14H16N4O. The van der Waals surface area contributed by atoms with Gasteiger partial charge in [-0.3, -0.25) is 9.78 Å². The number of aromatic nitrogens is 3. The van der Waals surface area contributed by atoms with Crippen LogP contribution in [-0.4, -0.2) is 21.3 Å². The second kappa shape index (κ2) is 5.22. The third-order valence-electron chi connectivity index (χ3n) is 3.29. The van der Waals surface area contributed by atoms with Crippen molar-refractivity contribution in [3.8, 4) is 0 Å². The minimum absolute atomic E-state index is 0.0518. The Hall–Kier alpha value is -2.17. The smallest absolute Gasteiger partial charge is 0.268 e. The lowest BCUT2D eigenvalue weighted by Gasteiger charge is -2.17. The summed E-state index contributed by atoms with van der Waals surface area (Å²) in [5.74, 6) is 0. The summed E-state index contributed by atoms with van der Waals surface area (Å²) in [5, 5.41) is 7.66. The highest BCUT2D eigenvalue weighted by Gasteiger charge is 2.12. The third kappa shape index (κ3) is 2.65. The van der Waals surface area contributed by atoms with Gasteiger partial charge < -0.3 is 5.32 Å². The van der Waals surface area contributed by atoms with Gasteiger partial charge in [0.15, 0.2) is 0 Å². The van der Waals surface area contributed by atoms with Crippen LogP contribution in [0.15, 0.2) is 35.3 Å². The lowest BCUT2D eigenvalue weighted by molar-refractivity contribution is 0.554. The van der Waals surface area contributed by atoms with Crippen LogP contribution in [0, 0.1) is 0 Å². The van der Waals surface area contributed by atoms with Gasteiger partial charge in [0.1, 0.15) is 0 Å². The van der Waals surface area contributed by atoms with Gasteiger partial charge in [0, 0.05) is 30.9 Å². The highest BCUT2D eigenvalue weighted by molar-refractivity contribution is 5.48. The van der Waals surface area contributed by atoms with E-state index in [4.69, 9.17) is 0 Å². The van der Waals surface area contributed by atoms with Crippen LogP contribution >= 0.6 is 0 Å². The van der Waals surface area contributed by atoms with Crippen molar-refractivity contribution >= 4 is 5.69 Å². The molecule has 0 spiro atoms. The van der Waals surface area contributed by atoms with Gasteiger partial charge in [0.2, 0.25) is 0 Å². The molecule has 0 aliphatic carbocycles. The maximum absolute atomic E-state index is 12.0. The molecule has 0 radical (unpaired) electrons. The zero-order valence-electron chi connectivity index (χ0n) is 10.7. The zero-order chi connectivity index (χ0) is 13.1. The number of aryl methyl sites for hydroxylation is 3. The molecule has 3 heterocycles. The SMILES string of the molecule is O=c1cc2c(nn1CCc1ccccn1)CCCN2. The molecule has 3 rings (SSSR count). The molecule has 0 saturated heterocycles. The van der Waals surface area contributed by atoms with Gasteiger partial charge >= 0.3 is 0 Å². The van der Waals surface area contributed by atoms with Crippen LogP contribution in [0.3, 0.4) is 0 Å². The molecule has 1 aliphatic heterocycles. The maximum Gasteiger partial charge on any atom is 0.268 e. The Kier molecular flexibility index (Phi) is 3.27. The fraction of sp³-hybridized carbons (Fsp3) is 0.357. The topological polar surface area (TPSA) is 59.8 Å². The van der Waals surface area contributed by atoms with Crippen LogP contribution < -0.4 is 10.9 Å². The minimum Gasteiger partial charge on any atom is -0.383 e. The molecule has 0 unspecified atom stereocenters. The Morgan fingerprint density at radius 3 is 3.16 bits per heavy atom. The Morgan fingerprint density at radius 2 is 2.32 bits per heavy atom. The summed E-state index contributed by atoms with van der Waals surface area (Å²) in [6, 6.07) is 7.46. The van der Waals surface area contributed by atoms with Gasteiger partial charge in [-0.1, -0.05) is 6.07 Å². The first kappa shape index (κ1) is 11.9. The highest BCUT2D eigenvalue weighted by Crippen LogP contribution is 2.16. The van der Waals surface area contributed by atoms with Crippen LogP contribution in [0.1, 0.15) is 17.8 Å². The summed E-state index contributed by atoms with van der Waals surface area (Å²) in [6.07, 6.45) is 4.49. The number of fused-ring (bicyclic) bond motifs is 1. The van der Waals surface area contributed by atoms with Gasteiger partial charge in [-0.25, -0.2) is 4.68 Å². The first-order valence-electron chi connectivity index (χ1n) is 6.58. The van der Waals surface area contributed by atoms with E-state index in [1.807, 2.05) is 18.2 Å². The number of hydrogen-bond donors (Lipinski definition) is 1. The second-order valence-electron chi connectivity index (χ2n) is 4.67.